The zero-order valence-corrected chi connectivity index (χ0v) is 20.8. The molecule has 4 atom stereocenters. The number of esters is 3. The van der Waals surface area contributed by atoms with Gasteiger partial charge in [0.05, 0.1) is 17.3 Å². The first-order chi connectivity index (χ1) is 15.8. The first-order valence-corrected chi connectivity index (χ1v) is 11.4. The zero-order valence-electron chi connectivity index (χ0n) is 20.8. The Bertz CT molecular complexity index is 896. The van der Waals surface area contributed by atoms with E-state index < -0.39 is 60.6 Å². The molecule has 0 saturated carbocycles. The lowest BCUT2D eigenvalue weighted by molar-refractivity contribution is -0.216. The van der Waals surface area contributed by atoms with Crippen molar-refractivity contribution in [2.24, 2.45) is 0 Å². The molecule has 2 aliphatic rings. The van der Waals surface area contributed by atoms with E-state index in [1.54, 1.807) is 0 Å². The predicted octanol–water partition coefficient (Wildman–Crippen LogP) is 2.24. The summed E-state index contributed by atoms with van der Waals surface area (Å²) in [6.45, 7) is 11.7. The molecule has 2 aliphatic heterocycles. The molecule has 10 heteroatoms. The molecule has 0 unspecified atom stereocenters. The normalized spacial score (nSPS) is 27.7. The third kappa shape index (κ3) is 5.97. The van der Waals surface area contributed by atoms with E-state index in [9.17, 15) is 14.4 Å². The van der Waals surface area contributed by atoms with Crippen molar-refractivity contribution in [2.75, 3.05) is 6.61 Å². The Hall–Kier alpha value is -2.43. The minimum Gasteiger partial charge on any atom is -0.463 e. The number of hydrogen-bond donors (Lipinski definition) is 0. The van der Waals surface area contributed by atoms with Crippen LogP contribution >= 0.6 is 0 Å². The van der Waals surface area contributed by atoms with Crippen LogP contribution < -0.4 is 5.46 Å². The van der Waals surface area contributed by atoms with Crippen LogP contribution in [0.1, 0.15) is 66.6 Å². The molecule has 1 aromatic rings. The molecule has 2 fully saturated rings. The Labute approximate surface area is 200 Å². The summed E-state index contributed by atoms with van der Waals surface area (Å²) >= 11 is 0. The number of benzene rings is 1. The monoisotopic (exact) mass is 476 g/mol. The standard InChI is InChI=1S/C24H33BO9/c1-14(26)29-13-21-22(31-16(3)28)20(30-15(2)27)12-19(32-21)17-8-10-18(11-9-17)25-33-23(4,5)24(6,7)34-25/h8-11,19-22H,12-13H2,1-7H3/t19-,20-,21-,22+/m1/s1. The van der Waals surface area contributed by atoms with Crippen molar-refractivity contribution in [3.05, 3.63) is 29.8 Å². The van der Waals surface area contributed by atoms with Crippen molar-refractivity contribution in [3.8, 4) is 0 Å². The molecule has 2 saturated heterocycles. The van der Waals surface area contributed by atoms with E-state index in [1.807, 2.05) is 52.0 Å². The summed E-state index contributed by atoms with van der Waals surface area (Å²) in [4.78, 5) is 34.8. The lowest BCUT2D eigenvalue weighted by Gasteiger charge is -2.40. The van der Waals surface area contributed by atoms with E-state index >= 15 is 0 Å². The molecule has 9 nitrogen and oxygen atoms in total. The fourth-order valence-electron chi connectivity index (χ4n) is 4.00. The van der Waals surface area contributed by atoms with Gasteiger partial charge in [0, 0.05) is 27.2 Å². The van der Waals surface area contributed by atoms with Crippen LogP contribution in [0.2, 0.25) is 0 Å². The predicted molar refractivity (Wildman–Crippen MR) is 122 cm³/mol. The van der Waals surface area contributed by atoms with Crippen molar-refractivity contribution in [1.29, 1.82) is 0 Å². The minimum atomic E-state index is -0.902. The van der Waals surface area contributed by atoms with Crippen molar-refractivity contribution in [2.45, 2.75) is 90.5 Å². The van der Waals surface area contributed by atoms with Gasteiger partial charge in [-0.3, -0.25) is 14.4 Å². The molecule has 186 valence electrons. The number of carbonyl (C=O) groups excluding carboxylic acids is 3. The molecule has 0 amide bonds. The Kier molecular flexibility index (Phi) is 7.74. The summed E-state index contributed by atoms with van der Waals surface area (Å²) in [5.41, 5.74) is 0.793. The van der Waals surface area contributed by atoms with Crippen LogP contribution in [0.15, 0.2) is 24.3 Å². The first-order valence-electron chi connectivity index (χ1n) is 11.4. The van der Waals surface area contributed by atoms with Crippen molar-refractivity contribution in [3.63, 3.8) is 0 Å². The molecular weight excluding hydrogens is 443 g/mol. The smallest absolute Gasteiger partial charge is 0.463 e. The molecule has 0 spiro atoms. The van der Waals surface area contributed by atoms with Gasteiger partial charge in [0.25, 0.3) is 0 Å². The maximum absolute atomic E-state index is 11.7. The van der Waals surface area contributed by atoms with Gasteiger partial charge in [0.1, 0.15) is 18.8 Å². The summed E-state index contributed by atoms with van der Waals surface area (Å²) in [5, 5.41) is 0. The zero-order chi connectivity index (χ0) is 25.3. The minimum absolute atomic E-state index is 0.145. The van der Waals surface area contributed by atoms with Gasteiger partial charge >= 0.3 is 25.0 Å². The molecule has 1 aromatic carbocycles. The summed E-state index contributed by atoms with van der Waals surface area (Å²) in [5.74, 6) is -1.56. The van der Waals surface area contributed by atoms with Gasteiger partial charge in [-0.15, -0.1) is 0 Å². The van der Waals surface area contributed by atoms with Crippen LogP contribution in [0, 0.1) is 0 Å². The Balaban J connectivity index is 1.81. The summed E-state index contributed by atoms with van der Waals surface area (Å²) in [6.07, 6.45) is -2.68. The topological polar surface area (TPSA) is 107 Å². The van der Waals surface area contributed by atoms with E-state index in [-0.39, 0.29) is 13.0 Å². The SMILES string of the molecule is CC(=O)OC[C@H]1O[C@@H](c2ccc(B3OC(C)(C)C(C)(C)O3)cc2)C[C@@H](OC(C)=O)[C@@H]1OC(C)=O. The molecule has 34 heavy (non-hydrogen) atoms. The van der Waals surface area contributed by atoms with Crippen LogP contribution in [-0.4, -0.2) is 61.1 Å². The number of carbonyl (C=O) groups is 3. The third-order valence-corrected chi connectivity index (χ3v) is 6.42. The number of rotatable bonds is 6. The van der Waals surface area contributed by atoms with E-state index in [0.29, 0.717) is 0 Å². The Morgan fingerprint density at radius 1 is 0.912 bits per heavy atom. The maximum atomic E-state index is 11.7. The molecule has 0 N–H and O–H groups in total. The fourth-order valence-corrected chi connectivity index (χ4v) is 4.00. The Morgan fingerprint density at radius 3 is 1.97 bits per heavy atom. The van der Waals surface area contributed by atoms with Crippen molar-refractivity contribution >= 4 is 30.5 Å². The second kappa shape index (κ2) is 10.1. The Morgan fingerprint density at radius 2 is 1.47 bits per heavy atom. The lowest BCUT2D eigenvalue weighted by Crippen LogP contribution is -2.51. The highest BCUT2D eigenvalue weighted by Crippen LogP contribution is 2.37. The quantitative estimate of drug-likeness (QED) is 0.347. The van der Waals surface area contributed by atoms with Gasteiger partial charge < -0.3 is 28.3 Å². The highest BCUT2D eigenvalue weighted by atomic mass is 16.7. The molecule has 2 heterocycles. The van der Waals surface area contributed by atoms with Gasteiger partial charge in [0.15, 0.2) is 6.10 Å². The first kappa shape index (κ1) is 26.2. The molecular formula is C24H33BO9. The maximum Gasteiger partial charge on any atom is 0.494 e. The second-order valence-electron chi connectivity index (χ2n) is 9.68. The molecule has 0 aliphatic carbocycles. The van der Waals surface area contributed by atoms with Crippen molar-refractivity contribution in [1.82, 2.24) is 0 Å². The molecule has 0 bridgehead atoms. The van der Waals surface area contributed by atoms with E-state index in [0.717, 1.165) is 11.0 Å². The van der Waals surface area contributed by atoms with Gasteiger partial charge in [0.2, 0.25) is 0 Å². The summed E-state index contributed by atoms with van der Waals surface area (Å²) < 4.78 is 34.4. The second-order valence-corrected chi connectivity index (χ2v) is 9.68. The van der Waals surface area contributed by atoms with Crippen LogP contribution in [0.5, 0.6) is 0 Å². The van der Waals surface area contributed by atoms with Crippen LogP contribution in [0.3, 0.4) is 0 Å². The molecule has 0 radical (unpaired) electrons. The van der Waals surface area contributed by atoms with Crippen LogP contribution in [-0.2, 0) is 42.6 Å². The van der Waals surface area contributed by atoms with E-state index in [1.165, 1.54) is 20.8 Å². The van der Waals surface area contributed by atoms with Gasteiger partial charge in [-0.25, -0.2) is 0 Å². The summed E-state index contributed by atoms with van der Waals surface area (Å²) in [6, 6.07) is 7.59. The lowest BCUT2D eigenvalue weighted by atomic mass is 9.78. The van der Waals surface area contributed by atoms with E-state index in [4.69, 9.17) is 28.3 Å². The summed E-state index contributed by atoms with van der Waals surface area (Å²) in [7, 11) is -0.495. The largest absolute Gasteiger partial charge is 0.494 e. The average Bonchev–Trinajstić information content (AvgIpc) is 2.94. The third-order valence-electron chi connectivity index (χ3n) is 6.42. The fraction of sp³-hybridized carbons (Fsp3) is 0.625. The van der Waals surface area contributed by atoms with Crippen molar-refractivity contribution < 1.29 is 42.6 Å². The molecule has 3 rings (SSSR count). The van der Waals surface area contributed by atoms with E-state index in [2.05, 4.69) is 0 Å². The van der Waals surface area contributed by atoms with Crippen LogP contribution in [0.4, 0.5) is 0 Å². The van der Waals surface area contributed by atoms with Gasteiger partial charge in [-0.2, -0.15) is 0 Å². The average molecular weight is 476 g/mol. The highest BCUT2D eigenvalue weighted by molar-refractivity contribution is 6.62. The highest BCUT2D eigenvalue weighted by Gasteiger charge is 2.51. The van der Waals surface area contributed by atoms with Crippen LogP contribution in [0.25, 0.3) is 0 Å². The number of ether oxygens (including phenoxy) is 4. The molecule has 0 aromatic heterocycles. The van der Waals surface area contributed by atoms with Gasteiger partial charge in [-0.1, -0.05) is 24.3 Å². The van der Waals surface area contributed by atoms with Gasteiger partial charge in [-0.05, 0) is 38.7 Å². The number of hydrogen-bond acceptors (Lipinski definition) is 9.